The molecule has 0 aliphatic carbocycles. The first-order chi connectivity index (χ1) is 12.6. The van der Waals surface area contributed by atoms with E-state index in [0.717, 1.165) is 38.5 Å². The van der Waals surface area contributed by atoms with Crippen LogP contribution < -0.4 is 0 Å². The van der Waals surface area contributed by atoms with Crippen molar-refractivity contribution in [1.29, 1.82) is 0 Å². The summed E-state index contributed by atoms with van der Waals surface area (Å²) in [4.78, 5) is 0. The molecule has 0 bridgehead atoms. The summed E-state index contributed by atoms with van der Waals surface area (Å²) in [5.41, 5.74) is 12.6. The third kappa shape index (κ3) is 3.75. The maximum Gasteiger partial charge on any atom is 0.00721 e. The maximum atomic E-state index is 2.46. The average molecular weight is 351 g/mol. The Morgan fingerprint density at radius 3 is 1.08 bits per heavy atom. The van der Waals surface area contributed by atoms with E-state index in [4.69, 9.17) is 0 Å². The van der Waals surface area contributed by atoms with Crippen LogP contribution in [0.2, 0.25) is 0 Å². The molecule has 2 rings (SSSR count). The van der Waals surface area contributed by atoms with Crippen LogP contribution in [0.15, 0.2) is 24.3 Å². The molecule has 0 spiro atoms. The van der Waals surface area contributed by atoms with Gasteiger partial charge in [-0.05, 0) is 83.0 Å². The molecule has 0 unspecified atom stereocenters. The van der Waals surface area contributed by atoms with Gasteiger partial charge in [0.25, 0.3) is 0 Å². The molecule has 0 heterocycles. The Morgan fingerprint density at radius 2 is 0.808 bits per heavy atom. The van der Waals surface area contributed by atoms with Gasteiger partial charge < -0.3 is 0 Å². The van der Waals surface area contributed by atoms with Crippen LogP contribution in [-0.4, -0.2) is 0 Å². The van der Waals surface area contributed by atoms with Gasteiger partial charge in [-0.2, -0.15) is 0 Å². The molecule has 26 heavy (non-hydrogen) atoms. The van der Waals surface area contributed by atoms with E-state index in [2.05, 4.69) is 72.7 Å². The Morgan fingerprint density at radius 1 is 0.500 bits per heavy atom. The zero-order valence-corrected chi connectivity index (χ0v) is 18.1. The second-order valence-corrected chi connectivity index (χ2v) is 7.40. The van der Waals surface area contributed by atoms with Gasteiger partial charge in [-0.1, -0.05) is 72.7 Å². The highest BCUT2D eigenvalue weighted by Crippen LogP contribution is 2.37. The Hall–Kier alpha value is -1.56. The summed E-state index contributed by atoms with van der Waals surface area (Å²) in [6.07, 6.45) is 6.76. The Labute approximate surface area is 162 Å². The van der Waals surface area contributed by atoms with E-state index in [9.17, 15) is 0 Å². The predicted octanol–water partition coefficient (Wildman–Crippen LogP) is 7.21. The number of aryl methyl sites for hydroxylation is 4. The maximum absolute atomic E-state index is 2.46. The van der Waals surface area contributed by atoms with Crippen LogP contribution >= 0.6 is 0 Å². The molecule has 0 radical (unpaired) electrons. The van der Waals surface area contributed by atoms with Crippen molar-refractivity contribution in [3.05, 3.63) is 68.8 Å². The molecule has 0 aliphatic rings. The summed E-state index contributed by atoms with van der Waals surface area (Å²) in [5.74, 6) is 0.475. The predicted molar refractivity (Wildman–Crippen MR) is 117 cm³/mol. The van der Waals surface area contributed by atoms with E-state index in [-0.39, 0.29) is 0 Å². The molecule has 2 aromatic rings. The van der Waals surface area contributed by atoms with E-state index in [0.29, 0.717) is 5.92 Å². The van der Waals surface area contributed by atoms with Gasteiger partial charge in [0.2, 0.25) is 0 Å². The van der Waals surface area contributed by atoms with Crippen molar-refractivity contribution in [2.75, 3.05) is 0 Å². The molecule has 0 atom stereocenters. The minimum Gasteiger partial charge on any atom is -0.0613 e. The van der Waals surface area contributed by atoms with Crippen molar-refractivity contribution in [1.82, 2.24) is 0 Å². The van der Waals surface area contributed by atoms with Gasteiger partial charge in [0.1, 0.15) is 0 Å². The lowest BCUT2D eigenvalue weighted by Gasteiger charge is -2.27. The molecule has 0 amide bonds. The van der Waals surface area contributed by atoms with Gasteiger partial charge >= 0.3 is 0 Å². The third-order valence-electron chi connectivity index (χ3n) is 6.19. The molecule has 0 aliphatic heterocycles. The summed E-state index contributed by atoms with van der Waals surface area (Å²) in [6.45, 7) is 16.3. The smallest absolute Gasteiger partial charge is 0.00721 e. The van der Waals surface area contributed by atoms with E-state index >= 15 is 0 Å². The fourth-order valence-electron chi connectivity index (χ4n) is 4.85. The van der Waals surface area contributed by atoms with Gasteiger partial charge in [0, 0.05) is 5.92 Å². The van der Waals surface area contributed by atoms with Crippen molar-refractivity contribution >= 4 is 0 Å². The van der Waals surface area contributed by atoms with Crippen molar-refractivity contribution in [2.45, 2.75) is 92.9 Å². The van der Waals surface area contributed by atoms with E-state index in [1.807, 2.05) is 0 Å². The molecular formula is C26H38. The molecule has 2 aromatic carbocycles. The fraction of sp³-hybridized carbons (Fsp3) is 0.538. The quantitative estimate of drug-likeness (QED) is 0.471. The van der Waals surface area contributed by atoms with Crippen molar-refractivity contribution < 1.29 is 0 Å². The number of benzene rings is 2. The summed E-state index contributed by atoms with van der Waals surface area (Å²) in [6, 6.07) is 9.53. The fourth-order valence-corrected chi connectivity index (χ4v) is 4.85. The van der Waals surface area contributed by atoms with E-state index in [1.54, 1.807) is 22.3 Å². The minimum atomic E-state index is 0.475. The lowest BCUT2D eigenvalue weighted by atomic mass is 9.77. The molecule has 142 valence electrons. The standard InChI is InChI=1S/C26H38/c1-8-19-14-16-21(10-3)25(23(19)12-5)18(7)26-22(11-4)17-15-20(9-2)24(26)13-6/h14-18H,8-13H2,1-7H3. The van der Waals surface area contributed by atoms with Crippen LogP contribution in [0, 0.1) is 0 Å². The minimum absolute atomic E-state index is 0.475. The lowest BCUT2D eigenvalue weighted by Crippen LogP contribution is -2.13. The van der Waals surface area contributed by atoms with Crippen molar-refractivity contribution in [3.63, 3.8) is 0 Å². The zero-order valence-electron chi connectivity index (χ0n) is 18.1. The molecule has 0 fully saturated rings. The third-order valence-corrected chi connectivity index (χ3v) is 6.19. The SMILES string of the molecule is CCc1ccc(CC)c(C(C)c2c(CC)ccc(CC)c2CC)c1CC. The van der Waals surface area contributed by atoms with Crippen LogP contribution in [0.4, 0.5) is 0 Å². The first-order valence-electron chi connectivity index (χ1n) is 10.8. The number of rotatable bonds is 8. The van der Waals surface area contributed by atoms with Crippen molar-refractivity contribution in [3.8, 4) is 0 Å². The summed E-state index contributed by atoms with van der Waals surface area (Å²) in [7, 11) is 0. The second-order valence-electron chi connectivity index (χ2n) is 7.40. The normalized spacial score (nSPS) is 11.4. The van der Waals surface area contributed by atoms with Crippen LogP contribution in [0.3, 0.4) is 0 Å². The second kappa shape index (κ2) is 9.40. The summed E-state index contributed by atoms with van der Waals surface area (Å²) >= 11 is 0. The molecule has 0 saturated heterocycles. The molecular weight excluding hydrogens is 312 g/mol. The van der Waals surface area contributed by atoms with E-state index in [1.165, 1.54) is 22.3 Å². The highest BCUT2D eigenvalue weighted by Gasteiger charge is 2.23. The van der Waals surface area contributed by atoms with Crippen LogP contribution in [-0.2, 0) is 38.5 Å². The molecule has 0 N–H and O–H groups in total. The molecule has 0 heteroatoms. The summed E-state index contributed by atoms with van der Waals surface area (Å²) < 4.78 is 0. The van der Waals surface area contributed by atoms with Gasteiger partial charge in [0.15, 0.2) is 0 Å². The lowest BCUT2D eigenvalue weighted by molar-refractivity contribution is 0.815. The van der Waals surface area contributed by atoms with Crippen LogP contribution in [0.25, 0.3) is 0 Å². The molecule has 0 nitrogen and oxygen atoms in total. The Kier molecular flexibility index (Phi) is 7.50. The first kappa shape index (κ1) is 20.7. The van der Waals surface area contributed by atoms with Crippen LogP contribution in [0.5, 0.6) is 0 Å². The van der Waals surface area contributed by atoms with Gasteiger partial charge in [-0.3, -0.25) is 0 Å². The number of hydrogen-bond donors (Lipinski definition) is 0. The van der Waals surface area contributed by atoms with Gasteiger partial charge in [-0.25, -0.2) is 0 Å². The van der Waals surface area contributed by atoms with E-state index < -0.39 is 0 Å². The first-order valence-corrected chi connectivity index (χ1v) is 10.8. The highest BCUT2D eigenvalue weighted by molar-refractivity contribution is 5.52. The van der Waals surface area contributed by atoms with Crippen LogP contribution in [0.1, 0.15) is 98.9 Å². The largest absolute Gasteiger partial charge is 0.0613 e. The molecule has 0 saturated carbocycles. The average Bonchev–Trinajstić information content (AvgIpc) is 2.70. The van der Waals surface area contributed by atoms with Crippen molar-refractivity contribution in [2.24, 2.45) is 0 Å². The topological polar surface area (TPSA) is 0 Å². The summed E-state index contributed by atoms with van der Waals surface area (Å²) in [5, 5.41) is 0. The number of hydrogen-bond acceptors (Lipinski definition) is 0. The zero-order chi connectivity index (χ0) is 19.3. The monoisotopic (exact) mass is 350 g/mol. The van der Waals surface area contributed by atoms with Gasteiger partial charge in [-0.15, -0.1) is 0 Å². The Balaban J connectivity index is 2.79. The Bertz CT molecular complexity index is 673. The highest BCUT2D eigenvalue weighted by atomic mass is 14.3. The molecule has 0 aromatic heterocycles. The van der Waals surface area contributed by atoms with Gasteiger partial charge in [0.05, 0.1) is 0 Å².